The van der Waals surface area contributed by atoms with Gasteiger partial charge in [-0.1, -0.05) is 0 Å². The van der Waals surface area contributed by atoms with Gasteiger partial charge in [0.2, 0.25) is 0 Å². The van der Waals surface area contributed by atoms with Gasteiger partial charge >= 0.3 is 5.97 Å². The van der Waals surface area contributed by atoms with Crippen LogP contribution in [0.1, 0.15) is 37.6 Å². The van der Waals surface area contributed by atoms with Crippen molar-refractivity contribution in [1.82, 2.24) is 4.90 Å². The van der Waals surface area contributed by atoms with E-state index in [0.29, 0.717) is 5.56 Å². The molecule has 0 fully saturated rings. The highest BCUT2D eigenvalue weighted by atomic mass is 16.4. The lowest BCUT2D eigenvalue weighted by atomic mass is 10.0. The molecule has 0 aromatic heterocycles. The maximum absolute atomic E-state index is 12.4. The van der Waals surface area contributed by atoms with E-state index in [2.05, 4.69) is 5.10 Å². The maximum Gasteiger partial charge on any atom is 0.329 e. The number of hydrogen-bond donors (Lipinski definition) is 1. The van der Waals surface area contributed by atoms with Gasteiger partial charge in [-0.2, -0.15) is 5.10 Å². The van der Waals surface area contributed by atoms with Gasteiger partial charge in [-0.25, -0.2) is 4.79 Å². The zero-order chi connectivity index (χ0) is 16.5. The van der Waals surface area contributed by atoms with Crippen LogP contribution in [0.3, 0.4) is 0 Å². The standard InChI is InChI=1S/C16H21N3O3/c1-11-9-10-19(17-11)13-7-5-12(6-8-13)14(20)18(4)16(2,3)15(21)22/h5-8H,9-10H2,1-4H3,(H,21,22). The highest BCUT2D eigenvalue weighted by Crippen LogP contribution is 2.22. The number of anilines is 1. The van der Waals surface area contributed by atoms with Crippen LogP contribution in [0.15, 0.2) is 29.4 Å². The van der Waals surface area contributed by atoms with E-state index in [1.165, 1.54) is 25.8 Å². The highest BCUT2D eigenvalue weighted by molar-refractivity contribution is 5.97. The number of rotatable bonds is 4. The Morgan fingerprint density at radius 1 is 1.27 bits per heavy atom. The molecule has 0 saturated carbocycles. The average molecular weight is 303 g/mol. The normalized spacial score (nSPS) is 14.7. The Morgan fingerprint density at radius 2 is 1.86 bits per heavy atom. The molecule has 0 aliphatic carbocycles. The van der Waals surface area contributed by atoms with Crippen molar-refractivity contribution < 1.29 is 14.7 Å². The fraction of sp³-hybridized carbons (Fsp3) is 0.438. The van der Waals surface area contributed by atoms with Crippen molar-refractivity contribution in [3.8, 4) is 0 Å². The molecule has 1 aliphatic rings. The smallest absolute Gasteiger partial charge is 0.329 e. The number of amides is 1. The Bertz CT molecular complexity index is 620. The van der Waals surface area contributed by atoms with E-state index in [0.717, 1.165) is 24.4 Å². The van der Waals surface area contributed by atoms with Crippen LogP contribution in [-0.4, -0.2) is 46.7 Å². The average Bonchev–Trinajstić information content (AvgIpc) is 2.92. The van der Waals surface area contributed by atoms with Crippen LogP contribution >= 0.6 is 0 Å². The number of nitrogens with zero attached hydrogens (tertiary/aromatic N) is 3. The maximum atomic E-state index is 12.4. The molecule has 22 heavy (non-hydrogen) atoms. The Morgan fingerprint density at radius 3 is 2.32 bits per heavy atom. The van der Waals surface area contributed by atoms with Crippen LogP contribution in [0.25, 0.3) is 0 Å². The molecule has 0 saturated heterocycles. The van der Waals surface area contributed by atoms with E-state index in [-0.39, 0.29) is 5.91 Å². The lowest BCUT2D eigenvalue weighted by Gasteiger charge is -2.31. The molecule has 1 aromatic rings. The molecule has 0 spiro atoms. The fourth-order valence-corrected chi connectivity index (χ4v) is 2.13. The summed E-state index contributed by atoms with van der Waals surface area (Å²) in [7, 11) is 1.50. The quantitative estimate of drug-likeness (QED) is 0.925. The highest BCUT2D eigenvalue weighted by Gasteiger charge is 2.35. The van der Waals surface area contributed by atoms with Gasteiger partial charge in [0, 0.05) is 31.3 Å². The van der Waals surface area contributed by atoms with Gasteiger partial charge in [0.15, 0.2) is 0 Å². The third-order valence-corrected chi connectivity index (χ3v) is 4.06. The number of carbonyl (C=O) groups excluding carboxylic acids is 1. The third kappa shape index (κ3) is 2.95. The molecule has 0 atom stereocenters. The third-order valence-electron chi connectivity index (χ3n) is 4.06. The lowest BCUT2D eigenvalue weighted by Crippen LogP contribution is -2.50. The summed E-state index contributed by atoms with van der Waals surface area (Å²) < 4.78 is 0. The van der Waals surface area contributed by atoms with E-state index in [4.69, 9.17) is 0 Å². The molecular weight excluding hydrogens is 282 g/mol. The van der Waals surface area contributed by atoms with Crippen molar-refractivity contribution in [1.29, 1.82) is 0 Å². The van der Waals surface area contributed by atoms with Crippen LogP contribution in [0.2, 0.25) is 0 Å². The van der Waals surface area contributed by atoms with Crippen molar-refractivity contribution in [2.45, 2.75) is 32.7 Å². The number of likely N-dealkylation sites (N-methyl/N-ethyl adjacent to an activating group) is 1. The summed E-state index contributed by atoms with van der Waals surface area (Å²) in [6.45, 7) is 5.83. The first-order valence-electron chi connectivity index (χ1n) is 7.16. The predicted octanol–water partition coefficient (Wildman–Crippen LogP) is 2.21. The zero-order valence-electron chi connectivity index (χ0n) is 13.3. The zero-order valence-corrected chi connectivity index (χ0v) is 13.3. The summed E-state index contributed by atoms with van der Waals surface area (Å²) in [5.41, 5.74) is 1.21. The molecule has 6 heteroatoms. The second-order valence-corrected chi connectivity index (χ2v) is 5.98. The molecule has 6 nitrogen and oxygen atoms in total. The number of carboxylic acid groups (broad SMARTS) is 1. The lowest BCUT2D eigenvalue weighted by molar-refractivity contribution is -0.147. The first-order chi connectivity index (χ1) is 10.2. The minimum Gasteiger partial charge on any atom is -0.480 e. The van der Waals surface area contributed by atoms with Crippen molar-refractivity contribution >= 4 is 23.3 Å². The van der Waals surface area contributed by atoms with Crippen molar-refractivity contribution in [2.24, 2.45) is 5.10 Å². The van der Waals surface area contributed by atoms with Crippen LogP contribution in [0, 0.1) is 0 Å². The summed E-state index contributed by atoms with van der Waals surface area (Å²) in [5, 5.41) is 15.5. The molecule has 1 aliphatic heterocycles. The summed E-state index contributed by atoms with van der Waals surface area (Å²) in [4.78, 5) is 24.9. The van der Waals surface area contributed by atoms with E-state index in [1.54, 1.807) is 12.1 Å². The molecule has 0 unspecified atom stereocenters. The number of carbonyl (C=O) groups is 2. The Hall–Kier alpha value is -2.37. The van der Waals surface area contributed by atoms with Crippen LogP contribution in [0.5, 0.6) is 0 Å². The van der Waals surface area contributed by atoms with E-state index in [1.807, 2.05) is 24.1 Å². The number of hydrogen-bond acceptors (Lipinski definition) is 4. The molecule has 0 bridgehead atoms. The molecule has 118 valence electrons. The Labute approximate surface area is 130 Å². The summed E-state index contributed by atoms with van der Waals surface area (Å²) in [5.74, 6) is -1.36. The monoisotopic (exact) mass is 303 g/mol. The molecule has 1 aromatic carbocycles. The summed E-state index contributed by atoms with van der Waals surface area (Å²) in [6.07, 6.45) is 0.941. The van der Waals surface area contributed by atoms with Gasteiger partial charge < -0.3 is 10.0 Å². The van der Waals surface area contributed by atoms with Gasteiger partial charge in [-0.05, 0) is 45.0 Å². The van der Waals surface area contributed by atoms with Gasteiger partial charge in [-0.3, -0.25) is 9.80 Å². The largest absolute Gasteiger partial charge is 0.480 e. The van der Waals surface area contributed by atoms with Crippen LogP contribution in [0.4, 0.5) is 5.69 Å². The molecule has 0 radical (unpaired) electrons. The number of carboxylic acids is 1. The first-order valence-corrected chi connectivity index (χ1v) is 7.16. The molecular formula is C16H21N3O3. The van der Waals surface area contributed by atoms with Crippen LogP contribution in [-0.2, 0) is 4.79 Å². The second kappa shape index (κ2) is 5.79. The SMILES string of the molecule is CC1=NN(c2ccc(C(=O)N(C)C(C)(C)C(=O)O)cc2)CC1. The van der Waals surface area contributed by atoms with E-state index >= 15 is 0 Å². The second-order valence-electron chi connectivity index (χ2n) is 5.98. The Kier molecular flexibility index (Phi) is 4.21. The Balaban J connectivity index is 2.17. The van der Waals surface area contributed by atoms with E-state index in [9.17, 15) is 14.7 Å². The number of benzene rings is 1. The predicted molar refractivity (Wildman–Crippen MR) is 85.3 cm³/mol. The topological polar surface area (TPSA) is 73.2 Å². The fourth-order valence-electron chi connectivity index (χ4n) is 2.13. The molecule has 1 amide bonds. The van der Waals surface area contributed by atoms with Crippen molar-refractivity contribution in [2.75, 3.05) is 18.6 Å². The number of hydrazone groups is 1. The van der Waals surface area contributed by atoms with Gasteiger partial charge in [0.25, 0.3) is 5.91 Å². The van der Waals surface area contributed by atoms with Crippen LogP contribution < -0.4 is 5.01 Å². The van der Waals surface area contributed by atoms with Gasteiger partial charge in [-0.15, -0.1) is 0 Å². The molecule has 1 heterocycles. The molecule has 1 N–H and O–H groups in total. The van der Waals surface area contributed by atoms with Crippen molar-refractivity contribution in [3.05, 3.63) is 29.8 Å². The van der Waals surface area contributed by atoms with Gasteiger partial charge in [0.05, 0.1) is 5.69 Å². The minimum absolute atomic E-state index is 0.319. The van der Waals surface area contributed by atoms with E-state index < -0.39 is 11.5 Å². The number of aliphatic carboxylic acids is 1. The van der Waals surface area contributed by atoms with Crippen molar-refractivity contribution in [3.63, 3.8) is 0 Å². The minimum atomic E-state index is -1.26. The first kappa shape index (κ1) is 16.0. The molecule has 2 rings (SSSR count). The summed E-state index contributed by atoms with van der Waals surface area (Å²) >= 11 is 0. The summed E-state index contributed by atoms with van der Waals surface area (Å²) in [6, 6.07) is 7.07. The van der Waals surface area contributed by atoms with Gasteiger partial charge in [0.1, 0.15) is 5.54 Å².